The maximum Gasteiger partial charge on any atom is 0.407 e. The van der Waals surface area contributed by atoms with Gasteiger partial charge < -0.3 is 15.2 Å². The molecule has 0 aliphatic carbocycles. The normalized spacial score (nSPS) is 15.3. The number of allylic oxidation sites excluding steroid dienone is 1. The monoisotopic (exact) mass is 359 g/mol. The molecule has 4 heteroatoms. The van der Waals surface area contributed by atoms with Crippen molar-refractivity contribution in [2.45, 2.75) is 65.2 Å². The Balaban J connectivity index is 2.70. The zero-order chi connectivity index (χ0) is 19.7. The molecular weight excluding hydrogens is 326 g/mol. The third-order valence-corrected chi connectivity index (χ3v) is 4.14. The van der Waals surface area contributed by atoms with Gasteiger partial charge in [0, 0.05) is 0 Å². The number of amides is 1. The van der Waals surface area contributed by atoms with Crippen molar-refractivity contribution in [3.05, 3.63) is 54.1 Å². The molecule has 0 saturated carbocycles. The van der Waals surface area contributed by atoms with Gasteiger partial charge in [-0.3, -0.25) is 0 Å². The Morgan fingerprint density at radius 3 is 2.46 bits per heavy atom. The van der Waals surface area contributed by atoms with E-state index in [-0.39, 0.29) is 5.92 Å². The van der Waals surface area contributed by atoms with Crippen LogP contribution in [0.15, 0.2) is 48.6 Å². The minimum absolute atomic E-state index is 0.114. The Morgan fingerprint density at radius 2 is 1.92 bits per heavy atom. The molecule has 1 rings (SSSR count). The van der Waals surface area contributed by atoms with Gasteiger partial charge in [0.1, 0.15) is 5.60 Å². The summed E-state index contributed by atoms with van der Waals surface area (Å²) in [6.45, 7) is 13.5. The highest BCUT2D eigenvalue weighted by molar-refractivity contribution is 5.68. The van der Waals surface area contributed by atoms with Crippen LogP contribution in [0.1, 0.15) is 53.0 Å². The SMILES string of the molecule is C=C(/C=C/c1ccccc1)C[C@H](O)[C@@H](NC(=O)OC(C)(C)C)[C@@H](C)CC. The van der Waals surface area contributed by atoms with Crippen LogP contribution in [0.3, 0.4) is 0 Å². The molecule has 0 heterocycles. The van der Waals surface area contributed by atoms with Crippen LogP contribution in [0.5, 0.6) is 0 Å². The molecule has 1 aromatic rings. The van der Waals surface area contributed by atoms with E-state index >= 15 is 0 Å². The molecule has 0 aliphatic heterocycles. The summed E-state index contributed by atoms with van der Waals surface area (Å²) >= 11 is 0. The van der Waals surface area contributed by atoms with Gasteiger partial charge in [0.15, 0.2) is 0 Å². The van der Waals surface area contributed by atoms with Crippen molar-refractivity contribution >= 4 is 12.2 Å². The number of carbonyl (C=O) groups is 1. The number of ether oxygens (including phenoxy) is 1. The van der Waals surface area contributed by atoms with E-state index in [0.29, 0.717) is 6.42 Å². The molecule has 1 aromatic carbocycles. The number of nitrogens with one attached hydrogen (secondary N) is 1. The second-order valence-corrected chi connectivity index (χ2v) is 7.73. The highest BCUT2D eigenvalue weighted by Crippen LogP contribution is 2.19. The number of carbonyl (C=O) groups excluding carboxylic acids is 1. The Labute approximate surface area is 158 Å². The minimum Gasteiger partial charge on any atom is -0.444 e. The van der Waals surface area contributed by atoms with Crippen LogP contribution in [0.2, 0.25) is 0 Å². The van der Waals surface area contributed by atoms with Crippen molar-refractivity contribution in [2.75, 3.05) is 0 Å². The first-order chi connectivity index (χ1) is 12.1. The second kappa shape index (κ2) is 10.2. The van der Waals surface area contributed by atoms with E-state index in [9.17, 15) is 9.90 Å². The molecule has 0 radical (unpaired) electrons. The zero-order valence-electron chi connectivity index (χ0n) is 16.7. The first-order valence-electron chi connectivity index (χ1n) is 9.21. The molecule has 0 aliphatic rings. The summed E-state index contributed by atoms with van der Waals surface area (Å²) in [7, 11) is 0. The fourth-order valence-corrected chi connectivity index (χ4v) is 2.56. The predicted molar refractivity (Wildman–Crippen MR) is 108 cm³/mol. The van der Waals surface area contributed by atoms with E-state index in [1.807, 2.05) is 77.1 Å². The highest BCUT2D eigenvalue weighted by atomic mass is 16.6. The average Bonchev–Trinajstić information content (AvgIpc) is 2.56. The van der Waals surface area contributed by atoms with Crippen molar-refractivity contribution in [3.8, 4) is 0 Å². The molecule has 0 aromatic heterocycles. The lowest BCUT2D eigenvalue weighted by atomic mass is 9.91. The van der Waals surface area contributed by atoms with Gasteiger partial charge in [-0.25, -0.2) is 4.79 Å². The quantitative estimate of drug-likeness (QED) is 0.646. The maximum atomic E-state index is 12.1. The molecule has 0 spiro atoms. The number of aliphatic hydroxyl groups is 1. The standard InChI is InChI=1S/C22H33NO3/c1-7-17(3)20(23-21(25)26-22(4,5)6)19(24)15-16(2)13-14-18-11-9-8-10-12-18/h8-14,17,19-20,24H,2,7,15H2,1,3-6H3,(H,23,25)/b14-13+/t17-,19-,20-/m0/s1. The predicted octanol–water partition coefficient (Wildman–Crippen LogP) is 4.95. The minimum atomic E-state index is -0.731. The summed E-state index contributed by atoms with van der Waals surface area (Å²) in [5, 5.41) is 13.5. The summed E-state index contributed by atoms with van der Waals surface area (Å²) in [6, 6.07) is 9.53. The number of aliphatic hydroxyl groups excluding tert-OH is 1. The van der Waals surface area contributed by atoms with E-state index < -0.39 is 23.8 Å². The fraction of sp³-hybridized carbons (Fsp3) is 0.500. The first kappa shape index (κ1) is 22.0. The number of hydrogen-bond acceptors (Lipinski definition) is 3. The van der Waals surface area contributed by atoms with Crippen LogP contribution in [-0.4, -0.2) is 28.9 Å². The molecule has 2 N–H and O–H groups in total. The summed E-state index contributed by atoms with van der Waals surface area (Å²) in [5.41, 5.74) is 1.31. The largest absolute Gasteiger partial charge is 0.444 e. The van der Waals surface area contributed by atoms with Crippen LogP contribution in [-0.2, 0) is 4.74 Å². The molecule has 1 amide bonds. The van der Waals surface area contributed by atoms with Gasteiger partial charge in [0.25, 0.3) is 0 Å². The van der Waals surface area contributed by atoms with Crippen molar-refractivity contribution in [1.82, 2.24) is 5.32 Å². The number of benzene rings is 1. The van der Waals surface area contributed by atoms with E-state index in [1.54, 1.807) is 0 Å². The first-order valence-corrected chi connectivity index (χ1v) is 9.21. The Morgan fingerprint density at radius 1 is 1.31 bits per heavy atom. The van der Waals surface area contributed by atoms with Crippen LogP contribution in [0, 0.1) is 5.92 Å². The number of alkyl carbamates (subject to hydrolysis) is 1. The van der Waals surface area contributed by atoms with Crippen LogP contribution in [0.4, 0.5) is 4.79 Å². The molecule has 0 fully saturated rings. The van der Waals surface area contributed by atoms with E-state index in [4.69, 9.17) is 4.74 Å². The van der Waals surface area contributed by atoms with Gasteiger partial charge in [-0.2, -0.15) is 0 Å². The van der Waals surface area contributed by atoms with Gasteiger partial charge in [0.05, 0.1) is 12.1 Å². The van der Waals surface area contributed by atoms with Crippen LogP contribution in [0.25, 0.3) is 6.08 Å². The number of hydrogen-bond donors (Lipinski definition) is 2. The van der Waals surface area contributed by atoms with Gasteiger partial charge in [-0.05, 0) is 38.7 Å². The van der Waals surface area contributed by atoms with Crippen molar-refractivity contribution in [2.24, 2.45) is 5.92 Å². The summed E-state index contributed by atoms with van der Waals surface area (Å²) in [4.78, 5) is 12.1. The van der Waals surface area contributed by atoms with Crippen LogP contribution >= 0.6 is 0 Å². The molecule has 0 saturated heterocycles. The van der Waals surface area contributed by atoms with Crippen molar-refractivity contribution in [1.29, 1.82) is 0 Å². The van der Waals surface area contributed by atoms with Crippen molar-refractivity contribution in [3.63, 3.8) is 0 Å². The zero-order valence-corrected chi connectivity index (χ0v) is 16.7. The van der Waals surface area contributed by atoms with E-state index in [0.717, 1.165) is 17.6 Å². The summed E-state index contributed by atoms with van der Waals surface area (Å²) in [5.74, 6) is 0.114. The summed E-state index contributed by atoms with van der Waals surface area (Å²) in [6.07, 6.45) is 3.85. The summed E-state index contributed by atoms with van der Waals surface area (Å²) < 4.78 is 5.33. The van der Waals surface area contributed by atoms with Crippen molar-refractivity contribution < 1.29 is 14.6 Å². The lowest BCUT2D eigenvalue weighted by Gasteiger charge is -2.30. The lowest BCUT2D eigenvalue weighted by molar-refractivity contribution is 0.0365. The fourth-order valence-electron chi connectivity index (χ4n) is 2.56. The topological polar surface area (TPSA) is 58.6 Å². The van der Waals surface area contributed by atoms with Crippen LogP contribution < -0.4 is 5.32 Å². The molecule has 0 bridgehead atoms. The third-order valence-electron chi connectivity index (χ3n) is 4.14. The molecule has 144 valence electrons. The smallest absolute Gasteiger partial charge is 0.407 e. The van der Waals surface area contributed by atoms with Gasteiger partial charge in [-0.15, -0.1) is 0 Å². The molecule has 3 atom stereocenters. The van der Waals surface area contributed by atoms with Gasteiger partial charge >= 0.3 is 6.09 Å². The molecule has 4 nitrogen and oxygen atoms in total. The Bertz CT molecular complexity index is 602. The molecule has 0 unspecified atom stereocenters. The molecular formula is C22H33NO3. The highest BCUT2D eigenvalue weighted by Gasteiger charge is 2.28. The Kier molecular flexibility index (Phi) is 8.59. The lowest BCUT2D eigenvalue weighted by Crippen LogP contribution is -2.49. The molecule has 26 heavy (non-hydrogen) atoms. The second-order valence-electron chi connectivity index (χ2n) is 7.73. The van der Waals surface area contributed by atoms with E-state index in [2.05, 4.69) is 11.9 Å². The van der Waals surface area contributed by atoms with E-state index in [1.165, 1.54) is 0 Å². The van der Waals surface area contributed by atoms with Gasteiger partial charge in [-0.1, -0.05) is 74.9 Å². The Hall–Kier alpha value is -2.07. The third kappa shape index (κ3) is 8.34. The maximum absolute atomic E-state index is 12.1. The number of rotatable bonds is 8. The average molecular weight is 360 g/mol. The van der Waals surface area contributed by atoms with Gasteiger partial charge in [0.2, 0.25) is 0 Å².